The summed E-state index contributed by atoms with van der Waals surface area (Å²) in [6, 6.07) is 8.74. The van der Waals surface area contributed by atoms with Crippen LogP contribution in [0.25, 0.3) is 0 Å². The zero-order chi connectivity index (χ0) is 21.6. The number of carbonyl (C=O) groups is 3. The predicted octanol–water partition coefficient (Wildman–Crippen LogP) is 2.50. The van der Waals surface area contributed by atoms with Crippen LogP contribution in [0.1, 0.15) is 18.1 Å². The van der Waals surface area contributed by atoms with E-state index in [9.17, 15) is 18.8 Å². The Morgan fingerprint density at radius 3 is 2.45 bits per heavy atom. The quantitative estimate of drug-likeness (QED) is 0.536. The molecule has 154 valence electrons. The van der Waals surface area contributed by atoms with E-state index in [1.807, 2.05) is 0 Å². The Kier molecular flexibility index (Phi) is 8.16. The maximum Gasteiger partial charge on any atom is 0.243 e. The molecule has 0 unspecified atom stereocenters. The fourth-order valence-electron chi connectivity index (χ4n) is 2.77. The second kappa shape index (κ2) is 10.4. The van der Waals surface area contributed by atoms with Gasteiger partial charge in [-0.05, 0) is 41.5 Å². The van der Waals surface area contributed by atoms with E-state index < -0.39 is 35.6 Å². The van der Waals surface area contributed by atoms with Gasteiger partial charge in [0, 0.05) is 29.3 Å². The molecule has 0 spiro atoms. The van der Waals surface area contributed by atoms with Crippen LogP contribution in [-0.4, -0.2) is 29.8 Å². The van der Waals surface area contributed by atoms with Crippen LogP contribution in [-0.2, 0) is 27.2 Å². The number of primary amides is 1. The lowest BCUT2D eigenvalue weighted by atomic mass is 10.0. The number of hydrogen-bond donors (Lipinski definition) is 3. The molecule has 9 heteroatoms. The van der Waals surface area contributed by atoms with Crippen LogP contribution in [0.4, 0.5) is 4.39 Å². The van der Waals surface area contributed by atoms with Crippen molar-refractivity contribution in [1.29, 1.82) is 0 Å². The molecule has 0 aromatic heterocycles. The first-order valence-electron chi connectivity index (χ1n) is 8.71. The molecule has 4 N–H and O–H groups in total. The number of hydrogen-bond acceptors (Lipinski definition) is 3. The summed E-state index contributed by atoms with van der Waals surface area (Å²) in [4.78, 5) is 36.2. The summed E-state index contributed by atoms with van der Waals surface area (Å²) in [5.74, 6) is -2.23. The summed E-state index contributed by atoms with van der Waals surface area (Å²) in [6.07, 6.45) is 0.157. The second-order valence-corrected chi connectivity index (χ2v) is 7.78. The molecule has 2 aromatic carbocycles. The SMILES string of the molecule is CC(=O)N[C@H](Cc1cccc(F)c1)C(=O)N[C@@H](Cc1cc(Cl)ccc1Br)C(N)=O. The van der Waals surface area contributed by atoms with Gasteiger partial charge in [-0.2, -0.15) is 0 Å². The molecule has 0 heterocycles. The maximum absolute atomic E-state index is 13.4. The van der Waals surface area contributed by atoms with E-state index >= 15 is 0 Å². The van der Waals surface area contributed by atoms with Crippen LogP contribution >= 0.6 is 27.5 Å². The Hall–Kier alpha value is -2.45. The van der Waals surface area contributed by atoms with Gasteiger partial charge in [-0.25, -0.2) is 4.39 Å². The third kappa shape index (κ3) is 7.14. The zero-order valence-corrected chi connectivity index (χ0v) is 17.9. The molecular weight excluding hydrogens is 465 g/mol. The normalized spacial score (nSPS) is 12.7. The van der Waals surface area contributed by atoms with E-state index in [1.165, 1.54) is 25.1 Å². The Balaban J connectivity index is 2.18. The second-order valence-electron chi connectivity index (χ2n) is 6.49. The third-order valence-electron chi connectivity index (χ3n) is 4.11. The van der Waals surface area contributed by atoms with Gasteiger partial charge < -0.3 is 16.4 Å². The molecular formula is C20H20BrClFN3O3. The highest BCUT2D eigenvalue weighted by molar-refractivity contribution is 9.10. The third-order valence-corrected chi connectivity index (χ3v) is 5.12. The van der Waals surface area contributed by atoms with Crippen LogP contribution in [0.3, 0.4) is 0 Å². The number of rotatable bonds is 8. The van der Waals surface area contributed by atoms with Crippen molar-refractivity contribution < 1.29 is 18.8 Å². The summed E-state index contributed by atoms with van der Waals surface area (Å²) < 4.78 is 14.2. The van der Waals surface area contributed by atoms with E-state index in [0.29, 0.717) is 20.6 Å². The Labute approximate surface area is 181 Å². The van der Waals surface area contributed by atoms with Crippen molar-refractivity contribution in [3.63, 3.8) is 0 Å². The summed E-state index contributed by atoms with van der Waals surface area (Å²) >= 11 is 9.36. The van der Waals surface area contributed by atoms with Gasteiger partial charge in [-0.3, -0.25) is 14.4 Å². The lowest BCUT2D eigenvalue weighted by Gasteiger charge is -2.22. The van der Waals surface area contributed by atoms with Crippen molar-refractivity contribution in [2.75, 3.05) is 0 Å². The maximum atomic E-state index is 13.4. The van der Waals surface area contributed by atoms with Crippen LogP contribution < -0.4 is 16.4 Å². The first kappa shape index (κ1) is 22.8. The number of carbonyl (C=O) groups excluding carboxylic acids is 3. The van der Waals surface area contributed by atoms with Crippen LogP contribution in [0.2, 0.25) is 5.02 Å². The van der Waals surface area contributed by atoms with Crippen molar-refractivity contribution in [3.8, 4) is 0 Å². The number of nitrogens with one attached hydrogen (secondary N) is 2. The lowest BCUT2D eigenvalue weighted by Crippen LogP contribution is -2.54. The molecule has 2 rings (SSSR count). The minimum Gasteiger partial charge on any atom is -0.368 e. The topological polar surface area (TPSA) is 101 Å². The molecule has 6 nitrogen and oxygen atoms in total. The average Bonchev–Trinajstić information content (AvgIpc) is 2.63. The van der Waals surface area contributed by atoms with Crippen LogP contribution in [0.15, 0.2) is 46.9 Å². The molecule has 0 radical (unpaired) electrons. The van der Waals surface area contributed by atoms with Gasteiger partial charge in [0.05, 0.1) is 0 Å². The summed E-state index contributed by atoms with van der Waals surface area (Å²) in [7, 11) is 0. The average molecular weight is 485 g/mol. The monoisotopic (exact) mass is 483 g/mol. The summed E-state index contributed by atoms with van der Waals surface area (Å²) in [5, 5.41) is 5.56. The fourth-order valence-corrected chi connectivity index (χ4v) is 3.37. The summed E-state index contributed by atoms with van der Waals surface area (Å²) in [6.45, 7) is 1.26. The van der Waals surface area contributed by atoms with E-state index in [0.717, 1.165) is 0 Å². The van der Waals surface area contributed by atoms with Crippen molar-refractivity contribution in [2.24, 2.45) is 5.73 Å². The lowest BCUT2D eigenvalue weighted by molar-refractivity contribution is -0.130. The largest absolute Gasteiger partial charge is 0.368 e. The van der Waals surface area contributed by atoms with E-state index in [4.69, 9.17) is 17.3 Å². The first-order chi connectivity index (χ1) is 13.7. The van der Waals surface area contributed by atoms with E-state index in [2.05, 4.69) is 26.6 Å². The highest BCUT2D eigenvalue weighted by Crippen LogP contribution is 2.22. The molecule has 0 fully saturated rings. The molecule has 29 heavy (non-hydrogen) atoms. The van der Waals surface area contributed by atoms with Gasteiger partial charge in [-0.15, -0.1) is 0 Å². The molecule has 0 saturated carbocycles. The highest BCUT2D eigenvalue weighted by atomic mass is 79.9. The molecule has 0 bridgehead atoms. The zero-order valence-electron chi connectivity index (χ0n) is 15.5. The van der Waals surface area contributed by atoms with Gasteiger partial charge in [0.15, 0.2) is 0 Å². The molecule has 2 aromatic rings. The molecule has 0 aliphatic rings. The molecule has 0 saturated heterocycles. The number of amides is 3. The predicted molar refractivity (Wildman–Crippen MR) is 112 cm³/mol. The minimum atomic E-state index is -1.03. The molecule has 3 amide bonds. The fraction of sp³-hybridized carbons (Fsp3) is 0.250. The number of benzene rings is 2. The van der Waals surface area contributed by atoms with Gasteiger partial charge in [0.2, 0.25) is 17.7 Å². The van der Waals surface area contributed by atoms with Gasteiger partial charge in [0.25, 0.3) is 0 Å². The van der Waals surface area contributed by atoms with E-state index in [1.54, 1.807) is 24.3 Å². The van der Waals surface area contributed by atoms with Gasteiger partial charge >= 0.3 is 0 Å². The molecule has 0 aliphatic carbocycles. The van der Waals surface area contributed by atoms with Crippen molar-refractivity contribution >= 4 is 45.3 Å². The Morgan fingerprint density at radius 1 is 1.10 bits per heavy atom. The minimum absolute atomic E-state index is 0.0511. The van der Waals surface area contributed by atoms with Crippen molar-refractivity contribution in [3.05, 3.63) is 68.9 Å². The molecule has 2 atom stereocenters. The number of nitrogens with two attached hydrogens (primary N) is 1. The Morgan fingerprint density at radius 2 is 1.83 bits per heavy atom. The summed E-state index contributed by atoms with van der Waals surface area (Å²) in [5.41, 5.74) is 6.66. The van der Waals surface area contributed by atoms with Gasteiger partial charge in [0.1, 0.15) is 17.9 Å². The number of halogens is 3. The van der Waals surface area contributed by atoms with Crippen LogP contribution in [0, 0.1) is 5.82 Å². The van der Waals surface area contributed by atoms with E-state index in [-0.39, 0.29) is 12.8 Å². The molecule has 0 aliphatic heterocycles. The van der Waals surface area contributed by atoms with Crippen molar-refractivity contribution in [2.45, 2.75) is 31.8 Å². The Bertz CT molecular complexity index is 926. The first-order valence-corrected chi connectivity index (χ1v) is 9.88. The van der Waals surface area contributed by atoms with Crippen LogP contribution in [0.5, 0.6) is 0 Å². The highest BCUT2D eigenvalue weighted by Gasteiger charge is 2.26. The van der Waals surface area contributed by atoms with Gasteiger partial charge in [-0.1, -0.05) is 39.7 Å². The smallest absolute Gasteiger partial charge is 0.243 e. The van der Waals surface area contributed by atoms with Crippen molar-refractivity contribution in [1.82, 2.24) is 10.6 Å². The standard InChI is InChI=1S/C20H20BrClFN3O3/c1-11(27)25-18(8-12-3-2-4-15(23)7-12)20(29)26-17(19(24)28)10-13-9-14(22)5-6-16(13)21/h2-7,9,17-18H,8,10H2,1H3,(H2,24,28)(H,25,27)(H,26,29)/t17-,18+/m0/s1.